The summed E-state index contributed by atoms with van der Waals surface area (Å²) in [4.78, 5) is 13.2. The van der Waals surface area contributed by atoms with Gasteiger partial charge in [0, 0.05) is 35.0 Å². The van der Waals surface area contributed by atoms with Crippen LogP contribution in [0.15, 0.2) is 59.5 Å². The van der Waals surface area contributed by atoms with Gasteiger partial charge in [0.25, 0.3) is 5.91 Å². The molecule has 0 bridgehead atoms. The number of amides is 1. The van der Waals surface area contributed by atoms with Gasteiger partial charge < -0.3 is 10.1 Å². The van der Waals surface area contributed by atoms with Crippen LogP contribution in [0.4, 0.5) is 5.82 Å². The number of rotatable bonds is 5. The molecular formula is C22H22N4O5S2. The van der Waals surface area contributed by atoms with Crippen LogP contribution < -0.4 is 5.32 Å². The van der Waals surface area contributed by atoms with Gasteiger partial charge >= 0.3 is 0 Å². The first kappa shape index (κ1) is 22.0. The fourth-order valence-corrected chi connectivity index (χ4v) is 6.58. The third-order valence-corrected chi connectivity index (χ3v) is 8.75. The molecule has 5 rings (SSSR count). The molecule has 3 heterocycles. The minimum absolute atomic E-state index is 0.131. The summed E-state index contributed by atoms with van der Waals surface area (Å²) >= 11 is 0. The number of ether oxygens (including phenoxy) is 1. The molecule has 1 atom stereocenters. The summed E-state index contributed by atoms with van der Waals surface area (Å²) < 4.78 is 45.9. The maximum absolute atomic E-state index is 13.0. The zero-order chi connectivity index (χ0) is 23.0. The van der Waals surface area contributed by atoms with Gasteiger partial charge in [-0.3, -0.25) is 9.00 Å². The van der Waals surface area contributed by atoms with E-state index in [0.29, 0.717) is 54.9 Å². The maximum atomic E-state index is 13.0. The largest absolute Gasteiger partial charge is 0.379 e. The van der Waals surface area contributed by atoms with Crippen LogP contribution in [0.2, 0.25) is 0 Å². The number of hydrogen-bond donors (Lipinski definition) is 1. The van der Waals surface area contributed by atoms with E-state index in [0.717, 1.165) is 11.3 Å². The van der Waals surface area contributed by atoms with Gasteiger partial charge in [-0.1, -0.05) is 18.2 Å². The van der Waals surface area contributed by atoms with Crippen molar-refractivity contribution in [2.75, 3.05) is 31.6 Å². The zero-order valence-corrected chi connectivity index (χ0v) is 19.3. The topological polar surface area (TPSA) is 111 Å². The number of sulfonamides is 1. The Morgan fingerprint density at radius 3 is 2.39 bits per heavy atom. The number of aromatic nitrogens is 2. The molecule has 1 N–H and O–H groups in total. The summed E-state index contributed by atoms with van der Waals surface area (Å²) in [5.41, 5.74) is 2.56. The van der Waals surface area contributed by atoms with Gasteiger partial charge in [-0.15, -0.1) is 0 Å². The second-order valence-corrected chi connectivity index (χ2v) is 11.1. The van der Waals surface area contributed by atoms with Crippen molar-refractivity contribution in [1.82, 2.24) is 14.1 Å². The average Bonchev–Trinajstić information content (AvgIpc) is 3.37. The molecule has 0 saturated carbocycles. The molecule has 33 heavy (non-hydrogen) atoms. The van der Waals surface area contributed by atoms with Crippen molar-refractivity contribution in [3.05, 3.63) is 71.4 Å². The molecule has 1 amide bonds. The highest BCUT2D eigenvalue weighted by Crippen LogP contribution is 2.31. The smallest absolute Gasteiger partial charge is 0.256 e. The Bertz CT molecular complexity index is 1310. The van der Waals surface area contributed by atoms with E-state index in [4.69, 9.17) is 4.74 Å². The molecule has 172 valence electrons. The second kappa shape index (κ2) is 8.82. The Kier molecular flexibility index (Phi) is 5.87. The molecule has 1 saturated heterocycles. The van der Waals surface area contributed by atoms with E-state index >= 15 is 0 Å². The molecule has 1 fully saturated rings. The monoisotopic (exact) mass is 486 g/mol. The number of anilines is 1. The summed E-state index contributed by atoms with van der Waals surface area (Å²) in [6.07, 6.45) is 0. The lowest BCUT2D eigenvalue weighted by Gasteiger charge is -2.26. The molecule has 2 aromatic carbocycles. The van der Waals surface area contributed by atoms with Crippen molar-refractivity contribution in [2.24, 2.45) is 0 Å². The Hall–Kier alpha value is -2.86. The molecule has 0 aliphatic carbocycles. The Morgan fingerprint density at radius 1 is 1.00 bits per heavy atom. The summed E-state index contributed by atoms with van der Waals surface area (Å²) in [5, 5.41) is 7.47. The van der Waals surface area contributed by atoms with Crippen LogP contribution in [0.25, 0.3) is 5.69 Å². The van der Waals surface area contributed by atoms with Crippen molar-refractivity contribution < 1.29 is 22.2 Å². The van der Waals surface area contributed by atoms with Gasteiger partial charge in [0.05, 0.1) is 41.0 Å². The number of carbonyl (C=O) groups is 1. The summed E-state index contributed by atoms with van der Waals surface area (Å²) in [6, 6.07) is 15.2. The van der Waals surface area contributed by atoms with Crippen LogP contribution in [-0.4, -0.2) is 58.9 Å². The molecular weight excluding hydrogens is 464 g/mol. The van der Waals surface area contributed by atoms with Crippen molar-refractivity contribution in [2.45, 2.75) is 16.4 Å². The van der Waals surface area contributed by atoms with Gasteiger partial charge in [0.1, 0.15) is 5.82 Å². The molecule has 0 unspecified atom stereocenters. The number of hydrogen-bond acceptors (Lipinski definition) is 6. The van der Waals surface area contributed by atoms with Gasteiger partial charge in [0.15, 0.2) is 0 Å². The zero-order valence-electron chi connectivity index (χ0n) is 17.6. The van der Waals surface area contributed by atoms with Crippen LogP contribution in [0.3, 0.4) is 0 Å². The number of carbonyl (C=O) groups excluding carboxylic acids is 1. The number of morpholine rings is 1. The van der Waals surface area contributed by atoms with Crippen molar-refractivity contribution in [3.63, 3.8) is 0 Å². The predicted octanol–water partition coefficient (Wildman–Crippen LogP) is 1.91. The van der Waals surface area contributed by atoms with Crippen molar-refractivity contribution in [1.29, 1.82) is 0 Å². The number of nitrogens with zero attached hydrogens (tertiary/aromatic N) is 3. The summed E-state index contributed by atoms with van der Waals surface area (Å²) in [5.74, 6) is 0.764. The van der Waals surface area contributed by atoms with Gasteiger partial charge in [0.2, 0.25) is 10.0 Å². The Balaban J connectivity index is 1.41. The first-order valence-electron chi connectivity index (χ1n) is 10.4. The lowest BCUT2D eigenvalue weighted by molar-refractivity contribution is 0.0730. The molecule has 2 aliphatic heterocycles. The van der Waals surface area contributed by atoms with Crippen LogP contribution in [0, 0.1) is 0 Å². The molecule has 1 aromatic heterocycles. The van der Waals surface area contributed by atoms with E-state index in [2.05, 4.69) is 10.4 Å². The SMILES string of the molecule is O=C(Nc1c2c(nn1-c1ccccc1)C[S@@](=O)C2)c1ccc(S(=O)(=O)N2CCOCC2)cc1. The number of fused-ring (bicyclic) bond motifs is 1. The van der Waals surface area contributed by atoms with E-state index in [1.807, 2.05) is 30.3 Å². The Morgan fingerprint density at radius 2 is 1.70 bits per heavy atom. The van der Waals surface area contributed by atoms with Crippen LogP contribution >= 0.6 is 0 Å². The van der Waals surface area contributed by atoms with Crippen molar-refractivity contribution >= 4 is 32.5 Å². The lowest BCUT2D eigenvalue weighted by atomic mass is 10.2. The Labute approximate surface area is 193 Å². The van der Waals surface area contributed by atoms with Gasteiger partial charge in [-0.25, -0.2) is 13.1 Å². The molecule has 9 nitrogen and oxygen atoms in total. The summed E-state index contributed by atoms with van der Waals surface area (Å²) in [7, 11) is -4.68. The van der Waals surface area contributed by atoms with Crippen LogP contribution in [-0.2, 0) is 37.1 Å². The van der Waals surface area contributed by atoms with Gasteiger partial charge in [-0.05, 0) is 36.4 Å². The normalized spacial score (nSPS) is 18.7. The minimum atomic E-state index is -3.64. The van der Waals surface area contributed by atoms with E-state index in [9.17, 15) is 17.4 Å². The van der Waals surface area contributed by atoms with E-state index < -0.39 is 26.7 Å². The average molecular weight is 487 g/mol. The first-order valence-corrected chi connectivity index (χ1v) is 13.4. The number of nitrogens with one attached hydrogen (secondary N) is 1. The molecule has 3 aromatic rings. The van der Waals surface area contributed by atoms with E-state index in [1.54, 1.807) is 4.68 Å². The fraction of sp³-hybridized carbons (Fsp3) is 0.273. The van der Waals surface area contributed by atoms with Crippen LogP contribution in [0.5, 0.6) is 0 Å². The molecule has 11 heteroatoms. The highest BCUT2D eigenvalue weighted by molar-refractivity contribution is 7.89. The first-order chi connectivity index (χ1) is 15.9. The molecule has 0 spiro atoms. The predicted molar refractivity (Wildman–Crippen MR) is 123 cm³/mol. The number of para-hydroxylation sites is 1. The lowest BCUT2D eigenvalue weighted by Crippen LogP contribution is -2.40. The van der Waals surface area contributed by atoms with Crippen molar-refractivity contribution in [3.8, 4) is 5.69 Å². The van der Waals surface area contributed by atoms with E-state index in [-0.39, 0.29) is 4.90 Å². The maximum Gasteiger partial charge on any atom is 0.256 e. The number of benzene rings is 2. The summed E-state index contributed by atoms with van der Waals surface area (Å²) in [6.45, 7) is 1.34. The quantitative estimate of drug-likeness (QED) is 0.590. The second-order valence-electron chi connectivity index (χ2n) is 7.74. The standard InChI is InChI=1S/C22H22N4O5S2/c27-22(16-6-8-18(9-7-16)33(29,30)25-10-12-31-13-11-25)23-21-19-14-32(28)15-20(19)24-26(21)17-4-2-1-3-5-17/h1-9H,10-15H2,(H,23,27)/t32-/m0/s1. The van der Waals surface area contributed by atoms with Crippen LogP contribution in [0.1, 0.15) is 21.6 Å². The highest BCUT2D eigenvalue weighted by atomic mass is 32.2. The highest BCUT2D eigenvalue weighted by Gasteiger charge is 2.29. The van der Waals surface area contributed by atoms with E-state index in [1.165, 1.54) is 28.6 Å². The third kappa shape index (κ3) is 4.24. The molecule has 2 aliphatic rings. The van der Waals surface area contributed by atoms with Gasteiger partial charge in [-0.2, -0.15) is 9.40 Å². The third-order valence-electron chi connectivity index (χ3n) is 5.63. The molecule has 0 radical (unpaired) electrons. The fourth-order valence-electron chi connectivity index (χ4n) is 3.91. The minimum Gasteiger partial charge on any atom is -0.379 e.